The second kappa shape index (κ2) is 10.4. The van der Waals surface area contributed by atoms with E-state index in [0.29, 0.717) is 17.0 Å². The lowest BCUT2D eigenvalue weighted by molar-refractivity contribution is 0.599. The van der Waals surface area contributed by atoms with Crippen molar-refractivity contribution in [2.45, 2.75) is 6.17 Å². The smallest absolute Gasteiger partial charge is 0.177 e. The summed E-state index contributed by atoms with van der Waals surface area (Å²) in [6.07, 6.45) is -0.493. The first-order valence-electron chi connectivity index (χ1n) is 15.2. The van der Waals surface area contributed by atoms with Crippen LogP contribution < -0.4 is 5.32 Å². The molecule has 8 aromatic rings. The van der Waals surface area contributed by atoms with E-state index >= 15 is 0 Å². The molecule has 9 rings (SSSR count). The predicted octanol–water partition coefficient (Wildman–Crippen LogP) is 10.5. The minimum atomic E-state index is -0.493. The van der Waals surface area contributed by atoms with E-state index in [4.69, 9.17) is 13.8 Å². The highest BCUT2D eigenvalue weighted by Crippen LogP contribution is 2.44. The summed E-state index contributed by atoms with van der Waals surface area (Å²) in [6.45, 7) is 0. The van der Waals surface area contributed by atoms with Crippen LogP contribution in [0.3, 0.4) is 0 Å². The number of nitrogens with zero attached hydrogens (tertiary/aromatic N) is 2. The van der Waals surface area contributed by atoms with Crippen LogP contribution in [0.4, 0.5) is 5.69 Å². The summed E-state index contributed by atoms with van der Waals surface area (Å²) in [5.41, 5.74) is 10.5. The highest BCUT2D eigenvalue weighted by molar-refractivity contribution is 6.27. The molecule has 5 heteroatoms. The van der Waals surface area contributed by atoms with Crippen molar-refractivity contribution in [1.29, 1.82) is 5.26 Å². The van der Waals surface area contributed by atoms with Crippen LogP contribution in [0.5, 0.6) is 0 Å². The molecule has 216 valence electrons. The van der Waals surface area contributed by atoms with Gasteiger partial charge in [0.05, 0.1) is 17.3 Å². The number of hydrogen-bond acceptors (Lipinski definition) is 5. The Bertz CT molecular complexity index is 2520. The first-order valence-corrected chi connectivity index (χ1v) is 15.2. The molecule has 1 unspecified atom stereocenters. The molecular formula is C41H25N3O2. The lowest BCUT2D eigenvalue weighted by Gasteiger charge is -2.24. The van der Waals surface area contributed by atoms with Crippen LogP contribution in [0.15, 0.2) is 153 Å². The van der Waals surface area contributed by atoms with Crippen LogP contribution in [0, 0.1) is 11.3 Å². The normalized spacial score (nSPS) is 14.2. The fraction of sp³-hybridized carbons (Fsp3) is 0.0244. The molecule has 0 aliphatic carbocycles. The van der Waals surface area contributed by atoms with Crippen LogP contribution >= 0.6 is 0 Å². The summed E-state index contributed by atoms with van der Waals surface area (Å²) in [5, 5.41) is 16.5. The Morgan fingerprint density at radius 2 is 1.33 bits per heavy atom. The number of aliphatic imine (C=N–C) groups is 1. The highest BCUT2D eigenvalue weighted by Gasteiger charge is 2.31. The van der Waals surface area contributed by atoms with Crippen molar-refractivity contribution in [3.05, 3.63) is 162 Å². The van der Waals surface area contributed by atoms with Crippen molar-refractivity contribution in [2.75, 3.05) is 5.32 Å². The molecule has 0 amide bonds. The third-order valence-electron chi connectivity index (χ3n) is 8.77. The first kappa shape index (κ1) is 26.1. The highest BCUT2D eigenvalue weighted by atomic mass is 16.3. The van der Waals surface area contributed by atoms with Gasteiger partial charge < -0.3 is 14.2 Å². The van der Waals surface area contributed by atoms with Crippen LogP contribution in [-0.2, 0) is 0 Å². The van der Waals surface area contributed by atoms with Crippen LogP contribution in [0.1, 0.15) is 28.6 Å². The van der Waals surface area contributed by atoms with Gasteiger partial charge in [0.25, 0.3) is 0 Å². The largest absolute Gasteiger partial charge is 0.455 e. The predicted molar refractivity (Wildman–Crippen MR) is 184 cm³/mol. The molecule has 5 nitrogen and oxygen atoms in total. The Kier molecular flexibility index (Phi) is 5.87. The van der Waals surface area contributed by atoms with Gasteiger partial charge in [0, 0.05) is 32.8 Å². The van der Waals surface area contributed by atoms with E-state index in [2.05, 4.69) is 78.1 Å². The second-order valence-electron chi connectivity index (χ2n) is 11.4. The number of rotatable bonds is 4. The van der Waals surface area contributed by atoms with Crippen molar-refractivity contribution in [2.24, 2.45) is 4.99 Å². The van der Waals surface area contributed by atoms with E-state index < -0.39 is 6.17 Å². The number of anilines is 1. The quantitative estimate of drug-likeness (QED) is 0.221. The average molecular weight is 592 g/mol. The Labute approximate surface area is 264 Å². The van der Waals surface area contributed by atoms with E-state index in [1.807, 2.05) is 72.8 Å². The Morgan fingerprint density at radius 1 is 0.609 bits per heavy atom. The summed E-state index contributed by atoms with van der Waals surface area (Å²) < 4.78 is 13.2. The monoisotopic (exact) mass is 591 g/mol. The van der Waals surface area contributed by atoms with Crippen molar-refractivity contribution >= 4 is 44.3 Å². The zero-order valence-electron chi connectivity index (χ0n) is 24.6. The Balaban J connectivity index is 1.36. The van der Waals surface area contributed by atoms with Gasteiger partial charge in [-0.15, -0.1) is 0 Å². The molecule has 46 heavy (non-hydrogen) atoms. The molecule has 1 atom stereocenters. The van der Waals surface area contributed by atoms with Crippen LogP contribution in [-0.4, -0.2) is 5.71 Å². The van der Waals surface area contributed by atoms with Gasteiger partial charge >= 0.3 is 0 Å². The van der Waals surface area contributed by atoms with Gasteiger partial charge in [0.1, 0.15) is 28.6 Å². The lowest BCUT2D eigenvalue weighted by Crippen LogP contribution is -2.20. The molecule has 0 bridgehead atoms. The van der Waals surface area contributed by atoms with Gasteiger partial charge in [-0.05, 0) is 53.1 Å². The summed E-state index contributed by atoms with van der Waals surface area (Å²) >= 11 is 0. The maximum Gasteiger partial charge on any atom is 0.177 e. The molecule has 2 aromatic heterocycles. The number of hydrogen-bond donors (Lipinski definition) is 1. The topological polar surface area (TPSA) is 74.5 Å². The summed E-state index contributed by atoms with van der Waals surface area (Å²) in [6, 6.07) is 49.3. The molecule has 0 spiro atoms. The maximum absolute atomic E-state index is 9.97. The van der Waals surface area contributed by atoms with Gasteiger partial charge in [-0.25, -0.2) is 0 Å². The number of furan rings is 2. The maximum atomic E-state index is 9.97. The molecule has 0 fully saturated rings. The standard InChI is InChI=1S/C41H25N3O2/c42-24-27-16-7-8-17-29(27)41-43-37-30-18-9-10-20-34(30)45-40(37)38(44-41)31-19-11-21-35-36(31)33-23-28(25-12-3-1-4-13-25)22-32(39(33)46-35)26-14-5-2-6-15-26/h1-23,41,43H. The molecule has 0 radical (unpaired) electrons. The molecule has 0 saturated carbocycles. The number of nitrogens with one attached hydrogen (secondary N) is 1. The first-order chi connectivity index (χ1) is 22.8. The van der Waals surface area contributed by atoms with Gasteiger partial charge in [0.2, 0.25) is 0 Å². The third-order valence-corrected chi connectivity index (χ3v) is 8.77. The van der Waals surface area contributed by atoms with Crippen molar-refractivity contribution in [3.8, 4) is 28.3 Å². The zero-order valence-corrected chi connectivity index (χ0v) is 24.6. The van der Waals surface area contributed by atoms with E-state index in [9.17, 15) is 5.26 Å². The molecule has 3 heterocycles. The van der Waals surface area contributed by atoms with E-state index in [1.165, 1.54) is 0 Å². The Hall–Kier alpha value is -6.38. The zero-order chi connectivity index (χ0) is 30.6. The van der Waals surface area contributed by atoms with E-state index in [1.54, 1.807) is 0 Å². The van der Waals surface area contributed by atoms with Gasteiger partial charge in [0.15, 0.2) is 5.76 Å². The molecule has 0 saturated heterocycles. The van der Waals surface area contributed by atoms with Gasteiger partial charge in [-0.1, -0.05) is 103 Å². The fourth-order valence-electron chi connectivity index (χ4n) is 6.64. The van der Waals surface area contributed by atoms with Crippen molar-refractivity contribution < 1.29 is 8.83 Å². The van der Waals surface area contributed by atoms with E-state index in [-0.39, 0.29) is 0 Å². The molecule has 1 aliphatic heterocycles. The van der Waals surface area contributed by atoms with Crippen LogP contribution in [0.25, 0.3) is 55.2 Å². The number of fused-ring (bicyclic) bond motifs is 6. The Morgan fingerprint density at radius 3 is 2.15 bits per heavy atom. The fourth-order valence-corrected chi connectivity index (χ4v) is 6.64. The molecular weight excluding hydrogens is 566 g/mol. The second-order valence-corrected chi connectivity index (χ2v) is 11.4. The van der Waals surface area contributed by atoms with E-state index in [0.717, 1.165) is 72.0 Å². The number of para-hydroxylation sites is 1. The van der Waals surface area contributed by atoms with Crippen LogP contribution in [0.2, 0.25) is 0 Å². The van der Waals surface area contributed by atoms with Crippen molar-refractivity contribution in [1.82, 2.24) is 0 Å². The molecule has 1 aliphatic rings. The number of benzene rings is 6. The summed E-state index contributed by atoms with van der Waals surface area (Å²) in [7, 11) is 0. The number of nitriles is 1. The third kappa shape index (κ3) is 4.05. The van der Waals surface area contributed by atoms with Gasteiger partial charge in [-0.2, -0.15) is 5.26 Å². The SMILES string of the molecule is N#Cc1ccccc1C1N=C(c2cccc3oc4c(-c5ccccc5)cc(-c5ccccc5)cc4c23)c2oc3ccccc3c2N1. The summed E-state index contributed by atoms with van der Waals surface area (Å²) in [5.74, 6) is 0.663. The molecule has 1 N–H and O–H groups in total. The minimum Gasteiger partial charge on any atom is -0.455 e. The lowest BCUT2D eigenvalue weighted by atomic mass is 9.93. The minimum absolute atomic E-state index is 0.493. The van der Waals surface area contributed by atoms with Crippen molar-refractivity contribution in [3.63, 3.8) is 0 Å². The molecule has 6 aromatic carbocycles. The van der Waals surface area contributed by atoms with Gasteiger partial charge in [-0.3, -0.25) is 4.99 Å². The summed E-state index contributed by atoms with van der Waals surface area (Å²) in [4.78, 5) is 5.28. The average Bonchev–Trinajstić information content (AvgIpc) is 3.70.